The lowest BCUT2D eigenvalue weighted by molar-refractivity contribution is 0.0431. The van der Waals surface area contributed by atoms with Crippen molar-refractivity contribution < 1.29 is 8.78 Å². The first kappa shape index (κ1) is 90.9. The van der Waals surface area contributed by atoms with E-state index in [0.29, 0.717) is 59.5 Å². The highest BCUT2D eigenvalue weighted by Gasteiger charge is 2.74. The Labute approximate surface area is 756 Å². The molecule has 5 saturated carbocycles. The third-order valence-electron chi connectivity index (χ3n) is 28.1. The Balaban J connectivity index is 0.000000110. The monoisotopic (exact) mass is 1820 g/mol. The second-order valence-corrected chi connectivity index (χ2v) is 69.0. The van der Waals surface area contributed by atoms with E-state index in [1.165, 1.54) is 115 Å². The number of fused-ring (bicyclic) bond motifs is 11. The highest BCUT2D eigenvalue weighted by atomic mass is 35.5. The van der Waals surface area contributed by atoms with Gasteiger partial charge in [-0.15, -0.1) is 11.8 Å². The summed E-state index contributed by atoms with van der Waals surface area (Å²) in [6, 6.07) is 55.3. The molecule has 21 rings (SSSR count). The molecule has 6 aromatic carbocycles. The minimum absolute atomic E-state index is 0.00675. The first-order valence-corrected chi connectivity index (χ1v) is 57.6. The van der Waals surface area contributed by atoms with E-state index in [-0.39, 0.29) is 54.6 Å². The molecular weight excluding hydrogens is 1690 g/mol. The van der Waals surface area contributed by atoms with Gasteiger partial charge in [-0.2, -0.15) is 8.78 Å². The number of thioether (sulfide) groups is 5. The maximum Gasteiger partial charge on any atom is 0.417 e. The highest BCUT2D eigenvalue weighted by Crippen LogP contribution is 2.72. The molecule has 14 bridgehead atoms. The van der Waals surface area contributed by atoms with E-state index in [9.17, 15) is 8.78 Å². The molecule has 0 N–H and O–H groups in total. The quantitative estimate of drug-likeness (QED) is 0.0923. The molecule has 0 radical (unpaired) electrons. The van der Waals surface area contributed by atoms with Gasteiger partial charge in [0.05, 0.1) is 27.7 Å². The summed E-state index contributed by atoms with van der Waals surface area (Å²) in [5.41, 5.74) is 9.76. The molecule has 634 valence electrons. The van der Waals surface area contributed by atoms with Crippen molar-refractivity contribution in [2.75, 3.05) is 0 Å². The summed E-state index contributed by atoms with van der Waals surface area (Å²) in [6.07, 6.45) is 30.3. The van der Waals surface area contributed by atoms with Gasteiger partial charge in [0, 0.05) is 108 Å². The summed E-state index contributed by atoms with van der Waals surface area (Å²) >= 11 is 24.3. The van der Waals surface area contributed by atoms with Crippen molar-refractivity contribution in [3.63, 3.8) is 0 Å². The first-order chi connectivity index (χ1) is 54.9. The van der Waals surface area contributed by atoms with Gasteiger partial charge in [-0.25, -0.2) is 0 Å². The van der Waals surface area contributed by atoms with Crippen LogP contribution in [0.25, 0.3) is 0 Å². The van der Waals surface area contributed by atoms with Crippen molar-refractivity contribution in [3.05, 3.63) is 203 Å². The van der Waals surface area contributed by atoms with E-state index in [2.05, 4.69) is 350 Å². The van der Waals surface area contributed by atoms with Crippen molar-refractivity contribution in [1.82, 2.24) is 0 Å². The standard InChI is InChI=1S/C20H31S.C18H25S.C18H23S.C16H21Cl2S.C16H21F2S.C14H17S6/c1-14-7-8-16-13-18(14)21(20(16,5)6)17-11-9-15(10-12-17)19(2,3)4;1-17(2,3)13-4-7-15(8-5-13)19-16-9-6-14(12-16)18(19)10-11-18;1-18(2,3)14-10-12-17(13-11-14)19-15-6-4-7-16(19)9-5-8-15;2*1-15(2,3)11-4-7-13(8-5-11)19-14-9-6-12(10-14)16(19,17)18;1-14(2,3)8-4-6-9(7-5-8)20-12-16-10-15-11(18-12)19-13(20)17-10/h9-12,14,16,18H,7-8,13H2,1-6H3;4-5,7-8,14,16H,6,9-12H2,1-3H3;4-6,9-13,15-16H,7-8H2,1-3H3;2*4-5,7-8,12,14H,6,9-10H2,1-3H3;4-7,10-13H,1-3H3/q6*+1. The van der Waals surface area contributed by atoms with Crippen LogP contribution in [0.1, 0.15) is 282 Å². The zero-order valence-electron chi connectivity index (χ0n) is 74.1. The van der Waals surface area contributed by atoms with Crippen LogP contribution in [0.2, 0.25) is 0 Å². The molecule has 117 heavy (non-hydrogen) atoms. The van der Waals surface area contributed by atoms with Crippen molar-refractivity contribution in [2.45, 2.75) is 376 Å². The van der Waals surface area contributed by atoms with Gasteiger partial charge < -0.3 is 0 Å². The predicted molar refractivity (Wildman–Crippen MR) is 532 cm³/mol. The van der Waals surface area contributed by atoms with Gasteiger partial charge in [-0.1, -0.05) is 264 Å². The summed E-state index contributed by atoms with van der Waals surface area (Å²) in [6.45, 7) is 48.3. The molecule has 10 heterocycles. The molecule has 5 aliphatic carbocycles. The highest BCUT2D eigenvalue weighted by molar-refractivity contribution is 8.61. The summed E-state index contributed by atoms with van der Waals surface area (Å²) < 4.78 is 32.6. The Morgan fingerprint density at radius 1 is 0.342 bits per heavy atom. The van der Waals surface area contributed by atoms with Crippen LogP contribution in [-0.2, 0) is 97.9 Å². The van der Waals surface area contributed by atoms with Gasteiger partial charge in [0.1, 0.15) is 59.7 Å². The zero-order valence-corrected chi connectivity index (χ0v) is 84.6. The van der Waals surface area contributed by atoms with E-state index in [4.69, 9.17) is 23.2 Å². The molecule has 0 aromatic heterocycles. The topological polar surface area (TPSA) is 0 Å². The largest absolute Gasteiger partial charge is 0.417 e. The van der Waals surface area contributed by atoms with Gasteiger partial charge in [0.25, 0.3) is 3.67 Å². The van der Waals surface area contributed by atoms with Gasteiger partial charge in [-0.3, -0.25) is 0 Å². The van der Waals surface area contributed by atoms with Crippen molar-refractivity contribution in [2.24, 2.45) is 29.6 Å². The van der Waals surface area contributed by atoms with Crippen molar-refractivity contribution in [1.29, 1.82) is 0 Å². The van der Waals surface area contributed by atoms with Gasteiger partial charge in [0.15, 0.2) is 29.4 Å². The number of benzene rings is 6. The average Bonchev–Trinajstić information content (AvgIpc) is 1.54. The lowest BCUT2D eigenvalue weighted by atomic mass is 9.78. The molecule has 15 heteroatoms. The third kappa shape index (κ3) is 19.3. The van der Waals surface area contributed by atoms with Crippen molar-refractivity contribution in [3.8, 4) is 0 Å². The molecule has 15 aliphatic rings. The van der Waals surface area contributed by atoms with Crippen LogP contribution < -0.4 is 0 Å². The van der Waals surface area contributed by atoms with Crippen LogP contribution in [0, 0.1) is 29.6 Å². The van der Waals surface area contributed by atoms with Gasteiger partial charge in [0.2, 0.25) is 7.83 Å². The predicted octanol–water partition coefficient (Wildman–Crippen LogP) is 30.7. The Hall–Kier alpha value is -0.910. The Kier molecular flexibility index (Phi) is 27.1. The number of hydrogen-bond acceptors (Lipinski definition) is 5. The molecule has 6 aromatic rings. The summed E-state index contributed by atoms with van der Waals surface area (Å²) in [4.78, 5) is 8.65. The Morgan fingerprint density at radius 3 is 1.03 bits per heavy atom. The SMILES string of the molecule is CC(C)(C)c1ccc([S+]2C3C=CCC2C=CC3)cc1.CC(C)(C)c1ccc([S+]2C3CCC(C3)C2(Cl)Cl)cc1.CC(C)(C)c1ccc([S+]2C3CCC(C3)C2(F)F)cc1.CC(C)(C)c1ccc([S+]2C3CCC(C3)C23CC3)cc1.CC(C)(C)c1ccc([S+]2C3SC4SC(S3)SC2S4)cc1.CC1CCC2CC1[S+](c1ccc(C(C)(C)C)cc1)C2(C)C. The third-order valence-corrected chi connectivity index (χ3v) is 58.1. The normalized spacial score (nSPS) is 34.1. The van der Waals surface area contributed by atoms with Gasteiger partial charge in [-0.05, 0) is 239 Å². The molecule has 15 unspecified atom stereocenters. The van der Waals surface area contributed by atoms with Crippen LogP contribution in [0.5, 0.6) is 0 Å². The maximum absolute atomic E-state index is 14.3. The number of alkyl halides is 4. The van der Waals surface area contributed by atoms with Crippen LogP contribution in [-0.4, -0.2) is 65.6 Å². The van der Waals surface area contributed by atoms with E-state index >= 15 is 0 Å². The lowest BCUT2D eigenvalue weighted by Crippen LogP contribution is -2.40. The number of allylic oxidation sites excluding steroid dienone is 2. The molecule has 15 atom stereocenters. The number of rotatable bonds is 6. The molecule has 1 spiro atoms. The second-order valence-electron chi connectivity index (χ2n) is 42.7. The molecule has 13 fully saturated rings. The number of halogens is 4. The minimum atomic E-state index is -2.47. The molecule has 10 aliphatic heterocycles. The molecule has 8 saturated heterocycles. The average molecular weight is 1830 g/mol. The maximum atomic E-state index is 14.3. The lowest BCUT2D eigenvalue weighted by Gasteiger charge is -2.44. The Morgan fingerprint density at radius 2 is 0.658 bits per heavy atom. The molecule has 0 amide bonds. The summed E-state index contributed by atoms with van der Waals surface area (Å²) in [7, 11) is 0.962. The fraction of sp³-hybridized carbons (Fsp3) is 0.608. The molecular formula is C102H138Cl2F2S11+6. The summed E-state index contributed by atoms with van der Waals surface area (Å²) in [5, 5.41) is 1.91. The van der Waals surface area contributed by atoms with Crippen LogP contribution >= 0.6 is 82.0 Å². The fourth-order valence-corrected chi connectivity index (χ4v) is 59.1. The smallest absolute Gasteiger partial charge is 0.153 e. The van der Waals surface area contributed by atoms with Crippen molar-refractivity contribution >= 4 is 147 Å². The van der Waals surface area contributed by atoms with E-state index in [0.717, 1.165) is 83.3 Å². The minimum Gasteiger partial charge on any atom is -0.153 e. The second kappa shape index (κ2) is 34.9. The fourth-order valence-electron chi connectivity index (χ4n) is 20.8. The number of hydrogen-bond donors (Lipinski definition) is 0. The van der Waals surface area contributed by atoms with Crippen LogP contribution in [0.3, 0.4) is 0 Å². The van der Waals surface area contributed by atoms with E-state index in [1.807, 2.05) is 24.3 Å². The Bertz CT molecular complexity index is 4180. The first-order valence-electron chi connectivity index (χ1n) is 44.2. The van der Waals surface area contributed by atoms with Gasteiger partial charge >= 0.3 is 5.25 Å². The van der Waals surface area contributed by atoms with E-state index in [1.54, 1.807) is 26.0 Å². The molecule has 0 nitrogen and oxygen atoms in total. The summed E-state index contributed by atoms with van der Waals surface area (Å²) in [5.74, 6) is 3.09. The van der Waals surface area contributed by atoms with Crippen LogP contribution in [0.15, 0.2) is 199 Å². The van der Waals surface area contributed by atoms with Crippen LogP contribution in [0.4, 0.5) is 8.78 Å². The van der Waals surface area contributed by atoms with E-state index < -0.39 is 19.8 Å². The zero-order chi connectivity index (χ0) is 83.7.